The fourth-order valence-electron chi connectivity index (χ4n) is 1.98. The first-order chi connectivity index (χ1) is 11.6. The van der Waals surface area contributed by atoms with Gasteiger partial charge in [-0.15, -0.1) is 16.4 Å². The number of thiophene rings is 1. The van der Waals surface area contributed by atoms with E-state index < -0.39 is 0 Å². The van der Waals surface area contributed by atoms with E-state index >= 15 is 0 Å². The van der Waals surface area contributed by atoms with Crippen molar-refractivity contribution < 1.29 is 4.79 Å². The van der Waals surface area contributed by atoms with Crippen LogP contribution in [0.5, 0.6) is 0 Å². The molecule has 0 saturated carbocycles. The summed E-state index contributed by atoms with van der Waals surface area (Å²) < 4.78 is 3.20. The van der Waals surface area contributed by atoms with E-state index in [9.17, 15) is 4.79 Å². The Balaban J connectivity index is 1.63. The van der Waals surface area contributed by atoms with Gasteiger partial charge in [-0.1, -0.05) is 47.4 Å². The Morgan fingerprint density at radius 2 is 2.12 bits per heavy atom. The third kappa shape index (κ3) is 4.32. The fraction of sp³-hybridized carbons (Fsp3) is 0.188. The summed E-state index contributed by atoms with van der Waals surface area (Å²) in [5.74, 6) is 0.000722. The largest absolute Gasteiger partial charge is 0.350 e. The van der Waals surface area contributed by atoms with E-state index in [-0.39, 0.29) is 11.2 Å². The van der Waals surface area contributed by atoms with Gasteiger partial charge in [0.05, 0.1) is 17.5 Å². The highest BCUT2D eigenvalue weighted by molar-refractivity contribution is 8.02. The second-order valence-corrected chi connectivity index (χ2v) is 9.18. The van der Waals surface area contributed by atoms with Gasteiger partial charge < -0.3 is 5.32 Å². The van der Waals surface area contributed by atoms with Crippen molar-refractivity contribution in [3.05, 3.63) is 56.7 Å². The van der Waals surface area contributed by atoms with Crippen LogP contribution < -0.4 is 5.32 Å². The molecule has 1 amide bonds. The first kappa shape index (κ1) is 17.3. The van der Waals surface area contributed by atoms with E-state index in [4.69, 9.17) is 12.2 Å². The average Bonchev–Trinajstić information content (AvgIpc) is 3.23. The molecule has 124 valence electrons. The molecular weight excluding hydrogens is 378 g/mol. The SMILES string of the molecule is C[C@@H](Sc1nn(-c2ccccc2)c(=S)s1)C(=O)NCc1cccs1. The highest BCUT2D eigenvalue weighted by Gasteiger charge is 2.17. The summed E-state index contributed by atoms with van der Waals surface area (Å²) in [6, 6.07) is 13.8. The van der Waals surface area contributed by atoms with Crippen molar-refractivity contribution in [2.24, 2.45) is 0 Å². The van der Waals surface area contributed by atoms with Crippen LogP contribution in [0.4, 0.5) is 0 Å². The number of hydrogen-bond acceptors (Lipinski definition) is 6. The maximum absolute atomic E-state index is 12.2. The number of nitrogens with one attached hydrogen (secondary N) is 1. The Labute approximate surface area is 157 Å². The van der Waals surface area contributed by atoms with Crippen LogP contribution in [0.15, 0.2) is 52.2 Å². The van der Waals surface area contributed by atoms with E-state index in [0.717, 1.165) is 14.9 Å². The minimum Gasteiger partial charge on any atom is -0.350 e. The fourth-order valence-corrected chi connectivity index (χ4v) is 5.15. The maximum Gasteiger partial charge on any atom is 0.233 e. The van der Waals surface area contributed by atoms with Crippen LogP contribution in [-0.4, -0.2) is 20.9 Å². The number of benzene rings is 1. The van der Waals surface area contributed by atoms with Gasteiger partial charge >= 0.3 is 0 Å². The molecule has 0 radical (unpaired) electrons. The Morgan fingerprint density at radius 1 is 1.33 bits per heavy atom. The Morgan fingerprint density at radius 3 is 2.83 bits per heavy atom. The standard InChI is InChI=1S/C16H15N3OS4/c1-11(14(20)17-10-13-8-5-9-22-13)23-15-18-19(16(21)24-15)12-6-3-2-4-7-12/h2-9,11H,10H2,1H3,(H,17,20)/t11-/m1/s1. The minimum absolute atomic E-state index is 0.000722. The summed E-state index contributed by atoms with van der Waals surface area (Å²) in [5, 5.41) is 9.26. The molecule has 0 bridgehead atoms. The van der Waals surface area contributed by atoms with Gasteiger partial charge in [0.1, 0.15) is 0 Å². The third-order valence-corrected chi connectivity index (χ3v) is 6.49. The highest BCUT2D eigenvalue weighted by atomic mass is 32.2. The highest BCUT2D eigenvalue weighted by Crippen LogP contribution is 2.27. The van der Waals surface area contributed by atoms with Gasteiger partial charge in [0.25, 0.3) is 0 Å². The Hall–Kier alpha value is -1.48. The summed E-state index contributed by atoms with van der Waals surface area (Å²) in [6.07, 6.45) is 0. The Kier molecular flexibility index (Phi) is 5.83. The minimum atomic E-state index is -0.227. The topological polar surface area (TPSA) is 46.9 Å². The zero-order chi connectivity index (χ0) is 16.9. The molecule has 2 heterocycles. The summed E-state index contributed by atoms with van der Waals surface area (Å²) in [5.41, 5.74) is 0.931. The Bertz CT molecular complexity index is 855. The molecule has 0 saturated heterocycles. The molecule has 0 aliphatic heterocycles. The molecule has 1 N–H and O–H groups in total. The van der Waals surface area contributed by atoms with Crippen molar-refractivity contribution in [3.63, 3.8) is 0 Å². The molecule has 8 heteroatoms. The van der Waals surface area contributed by atoms with Crippen molar-refractivity contribution in [3.8, 4) is 5.69 Å². The summed E-state index contributed by atoms with van der Waals surface area (Å²) in [4.78, 5) is 13.4. The second kappa shape index (κ2) is 8.06. The van der Waals surface area contributed by atoms with Crippen molar-refractivity contribution in [2.45, 2.75) is 23.1 Å². The summed E-state index contributed by atoms with van der Waals surface area (Å²) in [7, 11) is 0. The van der Waals surface area contributed by atoms with E-state index in [0.29, 0.717) is 10.5 Å². The van der Waals surface area contributed by atoms with Gasteiger partial charge in [-0.2, -0.15) is 0 Å². The molecular formula is C16H15N3OS4. The van der Waals surface area contributed by atoms with Crippen molar-refractivity contribution >= 4 is 52.6 Å². The van der Waals surface area contributed by atoms with Crippen molar-refractivity contribution in [2.75, 3.05) is 0 Å². The van der Waals surface area contributed by atoms with Crippen molar-refractivity contribution in [1.82, 2.24) is 15.1 Å². The summed E-state index contributed by atoms with van der Waals surface area (Å²) in [6.45, 7) is 2.45. The number of nitrogens with zero attached hydrogens (tertiary/aromatic N) is 2. The third-order valence-electron chi connectivity index (χ3n) is 3.19. The monoisotopic (exact) mass is 393 g/mol. The molecule has 3 rings (SSSR count). The number of carbonyl (C=O) groups excluding carboxylic acids is 1. The van der Waals surface area contributed by atoms with Crippen LogP contribution in [0, 0.1) is 3.95 Å². The van der Waals surface area contributed by atoms with Crippen LogP contribution in [-0.2, 0) is 11.3 Å². The lowest BCUT2D eigenvalue weighted by atomic mass is 10.3. The second-order valence-electron chi connectivity index (χ2n) is 4.94. The van der Waals surface area contributed by atoms with Gasteiger partial charge in [0.15, 0.2) is 8.29 Å². The number of thioether (sulfide) groups is 1. The first-order valence-corrected chi connectivity index (χ1v) is 10.2. The molecule has 0 unspecified atom stereocenters. The zero-order valence-electron chi connectivity index (χ0n) is 12.8. The molecule has 2 aromatic heterocycles. The van der Waals surface area contributed by atoms with Crippen molar-refractivity contribution in [1.29, 1.82) is 0 Å². The average molecular weight is 394 g/mol. The van der Waals surface area contributed by atoms with Crippen LogP contribution in [0.1, 0.15) is 11.8 Å². The molecule has 4 nitrogen and oxygen atoms in total. The quantitative estimate of drug-likeness (QED) is 0.494. The summed E-state index contributed by atoms with van der Waals surface area (Å²) >= 11 is 9.87. The van der Waals surface area contributed by atoms with E-state index in [2.05, 4.69) is 10.4 Å². The van der Waals surface area contributed by atoms with E-state index in [1.807, 2.05) is 54.8 Å². The van der Waals surface area contributed by atoms with E-state index in [1.54, 1.807) is 16.0 Å². The number of aromatic nitrogens is 2. The van der Waals surface area contributed by atoms with Crippen LogP contribution in [0.2, 0.25) is 0 Å². The predicted octanol–water partition coefficient (Wildman–Crippen LogP) is 4.52. The van der Waals surface area contributed by atoms with Crippen LogP contribution in [0.25, 0.3) is 5.69 Å². The van der Waals surface area contributed by atoms with Gasteiger partial charge in [-0.05, 0) is 42.7 Å². The lowest BCUT2D eigenvalue weighted by Crippen LogP contribution is -2.30. The molecule has 0 aliphatic carbocycles. The zero-order valence-corrected chi connectivity index (χ0v) is 16.1. The van der Waals surface area contributed by atoms with Crippen LogP contribution >= 0.6 is 46.7 Å². The van der Waals surface area contributed by atoms with Gasteiger partial charge in [0, 0.05) is 4.88 Å². The molecule has 1 atom stereocenters. The molecule has 0 fully saturated rings. The predicted molar refractivity (Wildman–Crippen MR) is 104 cm³/mol. The smallest absolute Gasteiger partial charge is 0.233 e. The number of carbonyl (C=O) groups is 1. The molecule has 0 spiro atoms. The van der Waals surface area contributed by atoms with Gasteiger partial charge in [-0.3, -0.25) is 4.79 Å². The van der Waals surface area contributed by atoms with Gasteiger partial charge in [0.2, 0.25) is 5.91 Å². The first-order valence-electron chi connectivity index (χ1n) is 7.26. The lowest BCUT2D eigenvalue weighted by Gasteiger charge is -2.09. The normalized spacial score (nSPS) is 12.0. The number of hydrogen-bond donors (Lipinski definition) is 1. The number of rotatable bonds is 6. The lowest BCUT2D eigenvalue weighted by molar-refractivity contribution is -0.120. The molecule has 3 aromatic rings. The number of para-hydroxylation sites is 1. The molecule has 0 aliphatic rings. The molecule has 1 aromatic carbocycles. The van der Waals surface area contributed by atoms with E-state index in [1.165, 1.54) is 23.1 Å². The maximum atomic E-state index is 12.2. The number of amides is 1. The van der Waals surface area contributed by atoms with Gasteiger partial charge in [-0.25, -0.2) is 4.68 Å². The van der Waals surface area contributed by atoms with Crippen LogP contribution in [0.3, 0.4) is 0 Å². The molecule has 24 heavy (non-hydrogen) atoms.